The van der Waals surface area contributed by atoms with Crippen molar-refractivity contribution in [2.45, 2.75) is 6.92 Å². The third-order valence-corrected chi connectivity index (χ3v) is 1.95. The van der Waals surface area contributed by atoms with Crippen LogP contribution in [-0.2, 0) is 0 Å². The van der Waals surface area contributed by atoms with E-state index in [0.29, 0.717) is 5.56 Å². The summed E-state index contributed by atoms with van der Waals surface area (Å²) in [6.07, 6.45) is 0. The van der Waals surface area contributed by atoms with Crippen molar-refractivity contribution in [2.75, 3.05) is 7.11 Å². The van der Waals surface area contributed by atoms with Crippen LogP contribution < -0.4 is 4.74 Å². The summed E-state index contributed by atoms with van der Waals surface area (Å²) in [5.41, 5.74) is 1.52. The van der Waals surface area contributed by atoms with Crippen LogP contribution >= 0.6 is 12.2 Å². The summed E-state index contributed by atoms with van der Waals surface area (Å²) in [7, 11) is 1.59. The van der Waals surface area contributed by atoms with Crippen molar-refractivity contribution in [1.29, 1.82) is 0 Å². The summed E-state index contributed by atoms with van der Waals surface area (Å²) in [6.45, 7) is 1.86. The predicted molar refractivity (Wildman–Crippen MR) is 52.1 cm³/mol. The molecule has 2 nitrogen and oxygen atoms in total. The van der Waals surface area contributed by atoms with Gasteiger partial charge in [0.05, 0.1) is 7.11 Å². The van der Waals surface area contributed by atoms with Crippen LogP contribution in [0.15, 0.2) is 18.2 Å². The van der Waals surface area contributed by atoms with Crippen molar-refractivity contribution in [3.8, 4) is 5.75 Å². The summed E-state index contributed by atoms with van der Waals surface area (Å²) in [6, 6.07) is 5.39. The van der Waals surface area contributed by atoms with E-state index in [0.717, 1.165) is 11.3 Å². The van der Waals surface area contributed by atoms with E-state index in [1.165, 1.54) is 0 Å². The highest BCUT2D eigenvalue weighted by Crippen LogP contribution is 2.20. The minimum absolute atomic E-state index is 0.0913. The molecule has 1 aromatic carbocycles. The maximum absolute atomic E-state index is 9.10. The first-order chi connectivity index (χ1) is 5.66. The molecule has 0 bridgehead atoms. The molecule has 0 saturated heterocycles. The van der Waals surface area contributed by atoms with E-state index in [-0.39, 0.29) is 5.05 Å². The Balaban J connectivity index is 3.23. The van der Waals surface area contributed by atoms with E-state index < -0.39 is 0 Å². The van der Waals surface area contributed by atoms with Gasteiger partial charge >= 0.3 is 0 Å². The first-order valence-corrected chi connectivity index (χ1v) is 3.94. The number of ether oxygens (including phenoxy) is 1. The van der Waals surface area contributed by atoms with Crippen LogP contribution in [0.1, 0.15) is 11.1 Å². The SMILES string of the molecule is COc1cccc(C(O)=S)c1C. The van der Waals surface area contributed by atoms with Crippen molar-refractivity contribution < 1.29 is 9.84 Å². The number of thiocarbonyl (C=S) groups is 1. The van der Waals surface area contributed by atoms with Gasteiger partial charge in [-0.3, -0.25) is 0 Å². The molecule has 0 aromatic heterocycles. The lowest BCUT2D eigenvalue weighted by molar-refractivity contribution is 0.411. The number of aliphatic hydroxyl groups excluding tert-OH is 1. The zero-order valence-electron chi connectivity index (χ0n) is 7.00. The fourth-order valence-electron chi connectivity index (χ4n) is 1.07. The van der Waals surface area contributed by atoms with Crippen LogP contribution in [0.25, 0.3) is 0 Å². The van der Waals surface area contributed by atoms with Crippen LogP contribution in [-0.4, -0.2) is 17.3 Å². The zero-order chi connectivity index (χ0) is 9.14. The van der Waals surface area contributed by atoms with Gasteiger partial charge in [-0.25, -0.2) is 0 Å². The van der Waals surface area contributed by atoms with Crippen molar-refractivity contribution in [3.63, 3.8) is 0 Å². The molecule has 1 rings (SSSR count). The van der Waals surface area contributed by atoms with Gasteiger partial charge in [-0.05, 0) is 31.3 Å². The largest absolute Gasteiger partial charge is 0.499 e. The number of benzene rings is 1. The first-order valence-electron chi connectivity index (χ1n) is 3.53. The van der Waals surface area contributed by atoms with Crippen LogP contribution in [0.4, 0.5) is 0 Å². The van der Waals surface area contributed by atoms with Gasteiger partial charge in [-0.15, -0.1) is 0 Å². The van der Waals surface area contributed by atoms with Crippen LogP contribution in [0.3, 0.4) is 0 Å². The van der Waals surface area contributed by atoms with Gasteiger partial charge in [0.25, 0.3) is 0 Å². The average Bonchev–Trinajstić information content (AvgIpc) is 2.04. The molecule has 0 saturated carbocycles. The Morgan fingerprint density at radius 2 is 2.17 bits per heavy atom. The van der Waals surface area contributed by atoms with Gasteiger partial charge in [0, 0.05) is 11.1 Å². The zero-order valence-corrected chi connectivity index (χ0v) is 7.81. The standard InChI is InChI=1S/C9H10O2S/c1-6-7(9(10)12)4-3-5-8(6)11-2/h3-5H,1-2H3,(H,10,12). The topological polar surface area (TPSA) is 29.5 Å². The molecule has 0 aliphatic carbocycles. The highest BCUT2D eigenvalue weighted by molar-refractivity contribution is 7.80. The van der Waals surface area contributed by atoms with Gasteiger partial charge in [0.15, 0.2) is 5.05 Å². The summed E-state index contributed by atoms with van der Waals surface area (Å²) < 4.78 is 5.07. The lowest BCUT2D eigenvalue weighted by Crippen LogP contribution is -1.99. The molecule has 0 aliphatic heterocycles. The molecule has 1 N–H and O–H groups in total. The summed E-state index contributed by atoms with van der Waals surface area (Å²) in [4.78, 5) is 0. The second-order valence-electron chi connectivity index (χ2n) is 2.44. The number of rotatable bonds is 2. The first kappa shape index (κ1) is 9.00. The number of aliphatic hydroxyl groups is 1. The van der Waals surface area contributed by atoms with Gasteiger partial charge in [0.2, 0.25) is 0 Å². The quantitative estimate of drug-likeness (QED) is 0.711. The number of methoxy groups -OCH3 is 1. The lowest BCUT2D eigenvalue weighted by atomic mass is 10.1. The van der Waals surface area contributed by atoms with Gasteiger partial charge in [-0.2, -0.15) is 0 Å². The van der Waals surface area contributed by atoms with Gasteiger partial charge < -0.3 is 9.84 Å². The van der Waals surface area contributed by atoms with Gasteiger partial charge in [0.1, 0.15) is 5.75 Å². The Morgan fingerprint density at radius 1 is 1.50 bits per heavy atom. The summed E-state index contributed by atoms with van der Waals surface area (Å²) in [5, 5.41) is 9.01. The Morgan fingerprint density at radius 3 is 2.67 bits per heavy atom. The molecule has 0 aliphatic rings. The number of hydrogen-bond donors (Lipinski definition) is 1. The second kappa shape index (κ2) is 3.54. The molecule has 0 atom stereocenters. The Hall–Kier alpha value is -1.09. The maximum Gasteiger partial charge on any atom is 0.189 e. The normalized spacial score (nSPS) is 9.50. The molecule has 1 aromatic rings. The molecule has 3 heteroatoms. The molecule has 0 fully saturated rings. The highest BCUT2D eigenvalue weighted by atomic mass is 32.1. The predicted octanol–water partition coefficient (Wildman–Crippen LogP) is 2.24. The fraction of sp³-hybridized carbons (Fsp3) is 0.222. The van der Waals surface area contributed by atoms with Crippen LogP contribution in [0.2, 0.25) is 0 Å². The third kappa shape index (κ3) is 1.56. The minimum Gasteiger partial charge on any atom is -0.499 e. The number of hydrogen-bond acceptors (Lipinski definition) is 2. The highest BCUT2D eigenvalue weighted by Gasteiger charge is 2.06. The fourth-order valence-corrected chi connectivity index (χ4v) is 1.29. The van der Waals surface area contributed by atoms with Gasteiger partial charge in [-0.1, -0.05) is 6.07 Å². The molecule has 0 unspecified atom stereocenters. The molecule has 0 amide bonds. The van der Waals surface area contributed by atoms with E-state index in [4.69, 9.17) is 9.84 Å². The molecule has 0 heterocycles. The van der Waals surface area contributed by atoms with E-state index in [1.54, 1.807) is 19.2 Å². The Labute approximate surface area is 76.8 Å². The summed E-state index contributed by atoms with van der Waals surface area (Å²) >= 11 is 4.66. The lowest BCUT2D eigenvalue weighted by Gasteiger charge is -2.07. The molecule has 64 valence electrons. The molecular formula is C9H10O2S. The smallest absolute Gasteiger partial charge is 0.189 e. The Bertz CT molecular complexity index is 307. The molecule has 12 heavy (non-hydrogen) atoms. The van der Waals surface area contributed by atoms with Crippen molar-refractivity contribution >= 4 is 17.3 Å². The Kier molecular flexibility index (Phi) is 2.65. The van der Waals surface area contributed by atoms with Crippen molar-refractivity contribution in [2.24, 2.45) is 0 Å². The minimum atomic E-state index is -0.0913. The molecule has 0 spiro atoms. The third-order valence-electron chi connectivity index (χ3n) is 1.73. The van der Waals surface area contributed by atoms with Crippen LogP contribution in [0, 0.1) is 6.92 Å². The van der Waals surface area contributed by atoms with Crippen molar-refractivity contribution in [1.82, 2.24) is 0 Å². The van der Waals surface area contributed by atoms with E-state index in [1.807, 2.05) is 13.0 Å². The second-order valence-corrected chi connectivity index (χ2v) is 2.82. The monoisotopic (exact) mass is 182 g/mol. The average molecular weight is 182 g/mol. The summed E-state index contributed by atoms with van der Waals surface area (Å²) in [5.74, 6) is 0.740. The van der Waals surface area contributed by atoms with E-state index >= 15 is 0 Å². The molecule has 0 radical (unpaired) electrons. The van der Waals surface area contributed by atoms with Crippen molar-refractivity contribution in [3.05, 3.63) is 29.3 Å². The molecular weight excluding hydrogens is 172 g/mol. The van der Waals surface area contributed by atoms with E-state index in [9.17, 15) is 0 Å². The maximum atomic E-state index is 9.10. The van der Waals surface area contributed by atoms with Crippen LogP contribution in [0.5, 0.6) is 5.75 Å². The van der Waals surface area contributed by atoms with E-state index in [2.05, 4.69) is 12.2 Å².